The number of hydrogen-bond donors (Lipinski definition) is 2. The molecule has 0 saturated carbocycles. The van der Waals surface area contributed by atoms with E-state index < -0.39 is 29.4 Å². The number of amides is 1. The summed E-state index contributed by atoms with van der Waals surface area (Å²) in [4.78, 5) is 23.2. The van der Waals surface area contributed by atoms with Gasteiger partial charge in [-0.3, -0.25) is 9.59 Å². The second kappa shape index (κ2) is 11.2. The van der Waals surface area contributed by atoms with Crippen molar-refractivity contribution in [1.82, 2.24) is 5.32 Å². The highest BCUT2D eigenvalue weighted by atomic mass is 19.4. The fourth-order valence-corrected chi connectivity index (χ4v) is 3.72. The number of alkyl halides is 3. The van der Waals surface area contributed by atoms with E-state index in [1.807, 2.05) is 6.92 Å². The first-order chi connectivity index (χ1) is 16.9. The van der Waals surface area contributed by atoms with Gasteiger partial charge in [0, 0.05) is 24.6 Å². The summed E-state index contributed by atoms with van der Waals surface area (Å²) in [5.41, 5.74) is 1.80. The van der Waals surface area contributed by atoms with Crippen LogP contribution in [0, 0.1) is 19.7 Å². The number of carbonyl (C=O) groups is 2. The molecule has 5 nitrogen and oxygen atoms in total. The summed E-state index contributed by atoms with van der Waals surface area (Å²) in [6.07, 6.45) is -3.81. The first-order valence-corrected chi connectivity index (χ1v) is 11.2. The summed E-state index contributed by atoms with van der Waals surface area (Å²) in [6, 6.07) is 12.3. The van der Waals surface area contributed by atoms with Crippen LogP contribution in [-0.2, 0) is 23.8 Å². The molecule has 0 bridgehead atoms. The lowest BCUT2D eigenvalue weighted by atomic mass is 10.0. The van der Waals surface area contributed by atoms with Gasteiger partial charge in [-0.15, -0.1) is 0 Å². The molecule has 0 aliphatic carbocycles. The van der Waals surface area contributed by atoms with Crippen molar-refractivity contribution in [3.05, 3.63) is 93.8 Å². The Labute approximate surface area is 205 Å². The van der Waals surface area contributed by atoms with E-state index in [2.05, 4.69) is 5.32 Å². The zero-order valence-corrected chi connectivity index (χ0v) is 19.7. The van der Waals surface area contributed by atoms with Gasteiger partial charge in [0.2, 0.25) is 0 Å². The quantitative estimate of drug-likeness (QED) is 0.339. The summed E-state index contributed by atoms with van der Waals surface area (Å²) in [5, 5.41) is 11.5. The topological polar surface area (TPSA) is 75.6 Å². The maximum absolute atomic E-state index is 14.2. The summed E-state index contributed by atoms with van der Waals surface area (Å²) < 4.78 is 58.4. The Balaban J connectivity index is 1.61. The molecular formula is C27H25F4NO4. The Morgan fingerprint density at radius 1 is 0.917 bits per heavy atom. The van der Waals surface area contributed by atoms with Gasteiger partial charge in [0.05, 0.1) is 5.56 Å². The van der Waals surface area contributed by atoms with Crippen molar-refractivity contribution < 1.29 is 37.0 Å². The van der Waals surface area contributed by atoms with Crippen molar-refractivity contribution in [2.75, 3.05) is 6.54 Å². The summed E-state index contributed by atoms with van der Waals surface area (Å²) in [6.45, 7) is 3.41. The zero-order chi connectivity index (χ0) is 26.5. The minimum absolute atomic E-state index is 0.0171. The molecule has 0 aromatic heterocycles. The van der Waals surface area contributed by atoms with E-state index in [0.29, 0.717) is 17.7 Å². The molecule has 0 heterocycles. The van der Waals surface area contributed by atoms with Crippen molar-refractivity contribution in [1.29, 1.82) is 0 Å². The minimum atomic E-state index is -4.49. The molecule has 0 atom stereocenters. The molecule has 0 saturated heterocycles. The van der Waals surface area contributed by atoms with Crippen molar-refractivity contribution >= 4 is 11.9 Å². The lowest BCUT2D eigenvalue weighted by Gasteiger charge is -2.12. The molecule has 0 fully saturated rings. The number of aryl methyl sites for hydroxylation is 3. The minimum Gasteiger partial charge on any atom is -0.481 e. The Bertz CT molecular complexity index is 1270. The number of ether oxygens (including phenoxy) is 1. The van der Waals surface area contributed by atoms with Crippen molar-refractivity contribution in [3.8, 4) is 11.5 Å². The van der Waals surface area contributed by atoms with Crippen LogP contribution in [0.15, 0.2) is 54.6 Å². The first kappa shape index (κ1) is 26.7. The second-order valence-corrected chi connectivity index (χ2v) is 8.41. The molecular weight excluding hydrogens is 478 g/mol. The molecule has 3 rings (SSSR count). The Kier molecular flexibility index (Phi) is 8.34. The van der Waals surface area contributed by atoms with Gasteiger partial charge < -0.3 is 15.2 Å². The summed E-state index contributed by atoms with van der Waals surface area (Å²) in [5.74, 6) is -1.20. The molecule has 0 radical (unpaired) electrons. The Morgan fingerprint density at radius 3 is 2.31 bits per heavy atom. The van der Waals surface area contributed by atoms with Gasteiger partial charge in [0.1, 0.15) is 17.3 Å². The molecule has 3 aromatic carbocycles. The highest BCUT2D eigenvalue weighted by molar-refractivity contribution is 5.95. The lowest BCUT2D eigenvalue weighted by Crippen LogP contribution is -2.26. The van der Waals surface area contributed by atoms with Crippen LogP contribution in [0.2, 0.25) is 0 Å². The molecule has 0 aliphatic rings. The Hall–Kier alpha value is -3.88. The standard InChI is InChI=1S/C27H25F4NO4/c1-16-12-22(6-3-19(16)4-8-25(33)34)36-23-14-18(13-21(28)15-23)9-10-32-26(35)24-7-5-20(11-17(24)2)27(29,30)31/h3,5-7,11-15H,4,8-10H2,1-2H3,(H,32,35)(H,33,34). The van der Waals surface area contributed by atoms with Gasteiger partial charge in [0.25, 0.3) is 5.91 Å². The molecule has 3 aromatic rings. The highest BCUT2D eigenvalue weighted by Crippen LogP contribution is 2.30. The largest absolute Gasteiger partial charge is 0.481 e. The SMILES string of the molecule is Cc1cc(Oc2cc(F)cc(CCNC(=O)c3ccc(C(F)(F)F)cc3C)c2)ccc1CCC(=O)O. The lowest BCUT2D eigenvalue weighted by molar-refractivity contribution is -0.138. The number of hydrogen-bond acceptors (Lipinski definition) is 3. The van der Waals surface area contributed by atoms with E-state index in [4.69, 9.17) is 9.84 Å². The van der Waals surface area contributed by atoms with Crippen LogP contribution < -0.4 is 10.1 Å². The number of benzene rings is 3. The van der Waals surface area contributed by atoms with Crippen LogP contribution >= 0.6 is 0 Å². The van der Waals surface area contributed by atoms with Gasteiger partial charge in [-0.1, -0.05) is 6.07 Å². The van der Waals surface area contributed by atoms with Gasteiger partial charge in [-0.05, 0) is 91.4 Å². The van der Waals surface area contributed by atoms with Gasteiger partial charge in [0.15, 0.2) is 0 Å². The van der Waals surface area contributed by atoms with Gasteiger partial charge >= 0.3 is 12.1 Å². The van der Waals surface area contributed by atoms with Crippen LogP contribution in [-0.4, -0.2) is 23.5 Å². The summed E-state index contributed by atoms with van der Waals surface area (Å²) in [7, 11) is 0. The van der Waals surface area contributed by atoms with Crippen LogP contribution in [0.3, 0.4) is 0 Å². The number of halogens is 4. The van der Waals surface area contributed by atoms with E-state index in [1.165, 1.54) is 19.1 Å². The monoisotopic (exact) mass is 503 g/mol. The van der Waals surface area contributed by atoms with Gasteiger partial charge in [-0.25, -0.2) is 4.39 Å². The van der Waals surface area contributed by atoms with Crippen LogP contribution in [0.1, 0.15) is 44.6 Å². The molecule has 0 unspecified atom stereocenters. The molecule has 36 heavy (non-hydrogen) atoms. The number of aliphatic carboxylic acids is 1. The third-order valence-corrected chi connectivity index (χ3v) is 5.59. The molecule has 9 heteroatoms. The third kappa shape index (κ3) is 7.31. The van der Waals surface area contributed by atoms with Crippen LogP contribution in [0.25, 0.3) is 0 Å². The molecule has 0 spiro atoms. The van der Waals surface area contributed by atoms with E-state index in [0.717, 1.165) is 29.3 Å². The third-order valence-electron chi connectivity index (χ3n) is 5.59. The number of nitrogens with one attached hydrogen (secondary N) is 1. The molecule has 1 amide bonds. The number of carboxylic acids is 1. The van der Waals surface area contributed by atoms with Gasteiger partial charge in [-0.2, -0.15) is 13.2 Å². The van der Waals surface area contributed by atoms with E-state index >= 15 is 0 Å². The zero-order valence-electron chi connectivity index (χ0n) is 19.7. The van der Waals surface area contributed by atoms with Crippen molar-refractivity contribution in [3.63, 3.8) is 0 Å². The number of carbonyl (C=O) groups excluding carboxylic acids is 1. The van der Waals surface area contributed by atoms with E-state index in [-0.39, 0.29) is 36.3 Å². The molecule has 2 N–H and O–H groups in total. The normalized spacial score (nSPS) is 11.3. The average Bonchev–Trinajstić information content (AvgIpc) is 2.77. The fourth-order valence-electron chi connectivity index (χ4n) is 3.72. The predicted octanol–water partition coefficient (Wildman–Crippen LogP) is 6.24. The smallest absolute Gasteiger partial charge is 0.416 e. The van der Waals surface area contributed by atoms with E-state index in [1.54, 1.807) is 24.3 Å². The average molecular weight is 503 g/mol. The second-order valence-electron chi connectivity index (χ2n) is 8.41. The van der Waals surface area contributed by atoms with Crippen LogP contribution in [0.5, 0.6) is 11.5 Å². The molecule has 190 valence electrons. The highest BCUT2D eigenvalue weighted by Gasteiger charge is 2.31. The maximum Gasteiger partial charge on any atom is 0.416 e. The predicted molar refractivity (Wildman–Crippen MR) is 126 cm³/mol. The Morgan fingerprint density at radius 2 is 1.67 bits per heavy atom. The summed E-state index contributed by atoms with van der Waals surface area (Å²) >= 11 is 0. The number of rotatable bonds is 9. The van der Waals surface area contributed by atoms with Crippen molar-refractivity contribution in [2.24, 2.45) is 0 Å². The van der Waals surface area contributed by atoms with Crippen LogP contribution in [0.4, 0.5) is 17.6 Å². The van der Waals surface area contributed by atoms with Crippen molar-refractivity contribution in [2.45, 2.75) is 39.3 Å². The first-order valence-electron chi connectivity index (χ1n) is 11.2. The number of carboxylic acid groups (broad SMARTS) is 1. The fraction of sp³-hybridized carbons (Fsp3) is 0.259. The molecule has 0 aliphatic heterocycles. The maximum atomic E-state index is 14.2. The van der Waals surface area contributed by atoms with E-state index in [9.17, 15) is 27.2 Å².